The molecule has 2 aromatic carbocycles. The summed E-state index contributed by atoms with van der Waals surface area (Å²) in [6, 6.07) is 15.7. The number of fused-ring (bicyclic) bond motifs is 1. The highest BCUT2D eigenvalue weighted by atomic mass is 16.1. The SMILES string of the molecule is CC(C)Cc1ccc(C(=O)Nc2ccc(-c3nnc4n3CCCCC4)cc2)cc1. The van der Waals surface area contributed by atoms with Crippen molar-refractivity contribution in [2.24, 2.45) is 5.92 Å². The average molecular weight is 389 g/mol. The van der Waals surface area contributed by atoms with Gasteiger partial charge in [-0.3, -0.25) is 4.79 Å². The van der Waals surface area contributed by atoms with Crippen molar-refractivity contribution >= 4 is 11.6 Å². The number of aromatic nitrogens is 3. The molecule has 0 radical (unpaired) electrons. The first kappa shape index (κ1) is 19.4. The van der Waals surface area contributed by atoms with Crippen molar-refractivity contribution in [1.82, 2.24) is 14.8 Å². The second kappa shape index (κ2) is 8.60. The Hall–Kier alpha value is -2.95. The van der Waals surface area contributed by atoms with Crippen LogP contribution in [-0.2, 0) is 19.4 Å². The minimum atomic E-state index is -0.0924. The van der Waals surface area contributed by atoms with Gasteiger partial charge in [-0.15, -0.1) is 10.2 Å². The summed E-state index contributed by atoms with van der Waals surface area (Å²) < 4.78 is 2.24. The Bertz CT molecular complexity index is 971. The van der Waals surface area contributed by atoms with E-state index in [1.54, 1.807) is 0 Å². The maximum atomic E-state index is 12.6. The highest BCUT2D eigenvalue weighted by molar-refractivity contribution is 6.04. The van der Waals surface area contributed by atoms with Gasteiger partial charge >= 0.3 is 0 Å². The number of rotatable bonds is 5. The zero-order chi connectivity index (χ0) is 20.2. The molecule has 150 valence electrons. The fourth-order valence-corrected chi connectivity index (χ4v) is 3.87. The molecule has 0 saturated heterocycles. The number of carbonyl (C=O) groups excluding carboxylic acids is 1. The Labute approximate surface area is 172 Å². The molecule has 1 N–H and O–H groups in total. The van der Waals surface area contributed by atoms with Gasteiger partial charge in [0, 0.05) is 29.8 Å². The molecule has 0 spiro atoms. The van der Waals surface area contributed by atoms with E-state index in [0.717, 1.165) is 42.3 Å². The molecule has 5 nitrogen and oxygen atoms in total. The van der Waals surface area contributed by atoms with Crippen molar-refractivity contribution in [2.75, 3.05) is 5.32 Å². The normalized spacial score (nSPS) is 13.8. The molecule has 1 amide bonds. The van der Waals surface area contributed by atoms with Crippen molar-refractivity contribution in [1.29, 1.82) is 0 Å². The van der Waals surface area contributed by atoms with Crippen LogP contribution in [0.25, 0.3) is 11.4 Å². The summed E-state index contributed by atoms with van der Waals surface area (Å²) >= 11 is 0. The molecule has 4 rings (SSSR count). The molecule has 0 atom stereocenters. The summed E-state index contributed by atoms with van der Waals surface area (Å²) in [5.41, 5.74) is 3.74. The van der Waals surface area contributed by atoms with E-state index in [1.165, 1.54) is 24.8 Å². The zero-order valence-electron chi connectivity index (χ0n) is 17.2. The van der Waals surface area contributed by atoms with E-state index in [1.807, 2.05) is 48.5 Å². The molecule has 0 bridgehead atoms. The molecule has 1 aromatic heterocycles. The maximum absolute atomic E-state index is 12.6. The summed E-state index contributed by atoms with van der Waals surface area (Å²) in [5, 5.41) is 11.8. The van der Waals surface area contributed by atoms with E-state index in [9.17, 15) is 4.79 Å². The smallest absolute Gasteiger partial charge is 0.255 e. The predicted octanol–water partition coefficient (Wildman–Crippen LogP) is 5.12. The summed E-state index contributed by atoms with van der Waals surface area (Å²) in [7, 11) is 0. The first-order valence-electron chi connectivity index (χ1n) is 10.5. The Morgan fingerprint density at radius 1 is 1.00 bits per heavy atom. The summed E-state index contributed by atoms with van der Waals surface area (Å²) in [5.74, 6) is 2.51. The van der Waals surface area contributed by atoms with Gasteiger partial charge in [0.05, 0.1) is 0 Å². The number of hydrogen-bond acceptors (Lipinski definition) is 3. The topological polar surface area (TPSA) is 59.8 Å². The van der Waals surface area contributed by atoms with Gasteiger partial charge < -0.3 is 9.88 Å². The van der Waals surface area contributed by atoms with E-state index in [4.69, 9.17) is 0 Å². The van der Waals surface area contributed by atoms with Crippen LogP contribution in [0.4, 0.5) is 5.69 Å². The van der Waals surface area contributed by atoms with Crippen LogP contribution in [-0.4, -0.2) is 20.7 Å². The quantitative estimate of drug-likeness (QED) is 0.660. The molecule has 0 unspecified atom stereocenters. The standard InChI is InChI=1S/C24H28N4O/c1-17(2)16-18-7-9-20(10-8-18)24(29)25-21-13-11-19(12-14-21)23-27-26-22-6-4-3-5-15-28(22)23/h7-14,17H,3-6,15-16H2,1-2H3,(H,25,29). The van der Waals surface area contributed by atoms with Crippen LogP contribution >= 0.6 is 0 Å². The number of nitrogens with zero attached hydrogens (tertiary/aromatic N) is 3. The molecule has 29 heavy (non-hydrogen) atoms. The molecule has 5 heteroatoms. The van der Waals surface area contributed by atoms with Gasteiger partial charge in [-0.25, -0.2) is 0 Å². The predicted molar refractivity (Wildman–Crippen MR) is 116 cm³/mol. The van der Waals surface area contributed by atoms with E-state index < -0.39 is 0 Å². The van der Waals surface area contributed by atoms with Crippen LogP contribution in [0.5, 0.6) is 0 Å². The van der Waals surface area contributed by atoms with Crippen molar-refractivity contribution < 1.29 is 4.79 Å². The maximum Gasteiger partial charge on any atom is 0.255 e. The summed E-state index contributed by atoms with van der Waals surface area (Å²) in [4.78, 5) is 12.6. The van der Waals surface area contributed by atoms with E-state index in [0.29, 0.717) is 11.5 Å². The lowest BCUT2D eigenvalue weighted by atomic mass is 10.0. The van der Waals surface area contributed by atoms with Crippen LogP contribution in [0.3, 0.4) is 0 Å². The fourth-order valence-electron chi connectivity index (χ4n) is 3.87. The Morgan fingerprint density at radius 3 is 2.48 bits per heavy atom. The molecular weight excluding hydrogens is 360 g/mol. The van der Waals surface area contributed by atoms with Gasteiger partial charge in [0.2, 0.25) is 0 Å². The third-order valence-electron chi connectivity index (χ3n) is 5.37. The lowest BCUT2D eigenvalue weighted by Gasteiger charge is -2.09. The molecular formula is C24H28N4O. The Kier molecular flexibility index (Phi) is 5.74. The highest BCUT2D eigenvalue weighted by Crippen LogP contribution is 2.24. The van der Waals surface area contributed by atoms with Crippen LogP contribution < -0.4 is 5.32 Å². The van der Waals surface area contributed by atoms with Gasteiger partial charge in [-0.2, -0.15) is 0 Å². The third-order valence-corrected chi connectivity index (χ3v) is 5.37. The van der Waals surface area contributed by atoms with Crippen LogP contribution in [0, 0.1) is 5.92 Å². The van der Waals surface area contributed by atoms with Crippen LogP contribution in [0.2, 0.25) is 0 Å². The minimum absolute atomic E-state index is 0.0924. The Balaban J connectivity index is 1.45. The first-order valence-corrected chi connectivity index (χ1v) is 10.5. The minimum Gasteiger partial charge on any atom is -0.322 e. The summed E-state index contributed by atoms with van der Waals surface area (Å²) in [6.07, 6.45) is 5.61. The number of benzene rings is 2. The second-order valence-electron chi connectivity index (χ2n) is 8.23. The van der Waals surface area contributed by atoms with Crippen molar-refractivity contribution in [3.63, 3.8) is 0 Å². The number of amides is 1. The molecule has 0 aliphatic carbocycles. The fraction of sp³-hybridized carbons (Fsp3) is 0.375. The first-order chi connectivity index (χ1) is 14.1. The number of hydrogen-bond donors (Lipinski definition) is 1. The van der Waals surface area contributed by atoms with Crippen molar-refractivity contribution in [2.45, 2.75) is 52.5 Å². The highest BCUT2D eigenvalue weighted by Gasteiger charge is 2.16. The molecule has 2 heterocycles. The number of anilines is 1. The van der Waals surface area contributed by atoms with Crippen LogP contribution in [0.15, 0.2) is 48.5 Å². The molecule has 0 saturated carbocycles. The van der Waals surface area contributed by atoms with Gasteiger partial charge in [0.25, 0.3) is 5.91 Å². The largest absolute Gasteiger partial charge is 0.322 e. The molecule has 1 aliphatic heterocycles. The van der Waals surface area contributed by atoms with E-state index >= 15 is 0 Å². The second-order valence-corrected chi connectivity index (χ2v) is 8.23. The number of carbonyl (C=O) groups is 1. The zero-order valence-corrected chi connectivity index (χ0v) is 17.2. The van der Waals surface area contributed by atoms with Crippen molar-refractivity contribution in [3.8, 4) is 11.4 Å². The molecule has 0 fully saturated rings. The van der Waals surface area contributed by atoms with E-state index in [2.05, 4.69) is 33.9 Å². The van der Waals surface area contributed by atoms with Gasteiger partial charge in [0.1, 0.15) is 5.82 Å². The Morgan fingerprint density at radius 2 is 1.76 bits per heavy atom. The van der Waals surface area contributed by atoms with Gasteiger partial charge in [-0.05, 0) is 67.1 Å². The summed E-state index contributed by atoms with van der Waals surface area (Å²) in [6.45, 7) is 5.37. The monoisotopic (exact) mass is 388 g/mol. The molecule has 1 aliphatic rings. The van der Waals surface area contributed by atoms with Gasteiger partial charge in [0.15, 0.2) is 5.82 Å². The van der Waals surface area contributed by atoms with Crippen LogP contribution in [0.1, 0.15) is 54.9 Å². The molecule has 3 aromatic rings. The lowest BCUT2D eigenvalue weighted by molar-refractivity contribution is 0.102. The van der Waals surface area contributed by atoms with E-state index in [-0.39, 0.29) is 5.91 Å². The number of nitrogens with one attached hydrogen (secondary N) is 1. The number of aryl methyl sites for hydroxylation is 1. The van der Waals surface area contributed by atoms with Gasteiger partial charge in [-0.1, -0.05) is 32.4 Å². The lowest BCUT2D eigenvalue weighted by Crippen LogP contribution is -2.12. The average Bonchev–Trinajstić information content (AvgIpc) is 2.97. The third kappa shape index (κ3) is 4.56. The van der Waals surface area contributed by atoms with Crippen molar-refractivity contribution in [3.05, 3.63) is 65.5 Å².